The minimum absolute atomic E-state index is 0.0366. The summed E-state index contributed by atoms with van der Waals surface area (Å²) in [6.45, 7) is 4.68. The van der Waals surface area contributed by atoms with Crippen molar-refractivity contribution in [1.82, 2.24) is 10.2 Å². The van der Waals surface area contributed by atoms with Gasteiger partial charge in [0.25, 0.3) is 5.91 Å². The topological polar surface area (TPSA) is 100 Å². The Bertz CT molecular complexity index is 750. The van der Waals surface area contributed by atoms with E-state index in [1.54, 1.807) is 23.1 Å². The lowest BCUT2D eigenvalue weighted by molar-refractivity contribution is -0.455. The molecule has 0 aromatic rings. The number of carbonyl (C=O) groups excluding carboxylic acids is 2. The first-order valence-electron chi connectivity index (χ1n) is 8.13. The van der Waals surface area contributed by atoms with Gasteiger partial charge in [-0.1, -0.05) is 15.7 Å². The summed E-state index contributed by atoms with van der Waals surface area (Å²) in [7, 11) is 3.31. The zero-order valence-corrected chi connectivity index (χ0v) is 15.8. The van der Waals surface area contributed by atoms with Crippen molar-refractivity contribution >= 4 is 29.1 Å². The van der Waals surface area contributed by atoms with E-state index in [4.69, 9.17) is 16.9 Å². The predicted octanol–water partition coefficient (Wildman–Crippen LogP) is -1.03. The lowest BCUT2D eigenvalue weighted by atomic mass is 10.1. The first-order chi connectivity index (χ1) is 12.5. The smallest absolute Gasteiger partial charge is 0.322 e. The van der Waals surface area contributed by atoms with Crippen molar-refractivity contribution in [2.75, 3.05) is 33.1 Å². The summed E-state index contributed by atoms with van der Waals surface area (Å²) in [5.41, 5.74) is 5.86. The predicted molar refractivity (Wildman–Crippen MR) is 101 cm³/mol. The molecular weight excluding hydrogens is 354 g/mol. The monoisotopic (exact) mass is 378 g/mol. The lowest BCUT2D eigenvalue weighted by Gasteiger charge is -2.22. The summed E-state index contributed by atoms with van der Waals surface area (Å²) in [5, 5.41) is 7.23. The van der Waals surface area contributed by atoms with Crippen molar-refractivity contribution in [2.24, 2.45) is 16.8 Å². The number of nitrogens with two attached hydrogens (primary N) is 1. The van der Waals surface area contributed by atoms with Crippen LogP contribution in [-0.2, 0) is 25.9 Å². The molecule has 0 aliphatic carbocycles. The summed E-state index contributed by atoms with van der Waals surface area (Å²) >= 11 is 0.841. The molecule has 0 saturated carbocycles. The van der Waals surface area contributed by atoms with E-state index in [2.05, 4.69) is 22.9 Å². The van der Waals surface area contributed by atoms with E-state index in [0.717, 1.165) is 23.7 Å². The van der Waals surface area contributed by atoms with Crippen molar-refractivity contribution in [3.05, 3.63) is 24.0 Å². The number of hydrogen-bond acceptors (Lipinski definition) is 4. The fraction of sp³-hybridized carbons (Fsp3) is 0.471. The van der Waals surface area contributed by atoms with Crippen LogP contribution in [0.15, 0.2) is 29.2 Å². The van der Waals surface area contributed by atoms with Crippen LogP contribution in [-0.4, -0.2) is 65.6 Å². The van der Waals surface area contributed by atoms with Gasteiger partial charge in [0.2, 0.25) is 5.91 Å². The maximum atomic E-state index is 12.0. The molecule has 2 aliphatic rings. The number of hydrogen-bond donors (Lipinski definition) is 3. The van der Waals surface area contributed by atoms with E-state index in [0.29, 0.717) is 19.0 Å². The zero-order valence-electron chi connectivity index (χ0n) is 14.9. The van der Waals surface area contributed by atoms with Crippen LogP contribution in [0.3, 0.4) is 0 Å². The number of ether oxygens (including phenoxy) is 1. The Morgan fingerprint density at radius 1 is 1.65 bits per heavy atom. The zero-order chi connectivity index (χ0) is 19.3. The number of likely N-dealkylation sites (tertiary alicyclic amines) is 1. The second kappa shape index (κ2) is 8.78. The fourth-order valence-corrected chi connectivity index (χ4v) is 4.29. The molecule has 2 amide bonds. The average molecular weight is 378 g/mol. The SMILES string of the molecule is C#CC1=N/[N+](=[SH]/CC2C[C@H](COC)N(C(=O)C=C)C2)C(NC)=C1C(N)=O. The Kier molecular flexibility index (Phi) is 6.71. The van der Waals surface area contributed by atoms with Gasteiger partial charge in [0.1, 0.15) is 0 Å². The fourth-order valence-electron chi connectivity index (χ4n) is 3.15. The van der Waals surface area contributed by atoms with Gasteiger partial charge in [-0.3, -0.25) is 14.9 Å². The molecule has 2 aliphatic heterocycles. The highest BCUT2D eigenvalue weighted by Crippen LogP contribution is 2.24. The highest BCUT2D eigenvalue weighted by molar-refractivity contribution is 7.65. The van der Waals surface area contributed by atoms with Gasteiger partial charge in [-0.2, -0.15) is 0 Å². The van der Waals surface area contributed by atoms with Gasteiger partial charge >= 0.3 is 5.82 Å². The standard InChI is InChI=1S/C17H23N5O3S/c1-5-13-15(16(18)24)17(19-3)22(20-13)26-10-11-7-12(9-25-4)21(8-11)14(23)6-2/h1,6,11-12,26H,2,7-10H2,3-4H3,(H2-,18,19,20,24)/p+1/t11?,12-/m1/s1. The molecule has 2 heterocycles. The summed E-state index contributed by atoms with van der Waals surface area (Å²) in [6, 6.07) is 0.0366. The molecule has 9 heteroatoms. The number of carbonyl (C=O) groups is 2. The lowest BCUT2D eigenvalue weighted by Crippen LogP contribution is -2.37. The Hall–Kier alpha value is -2.44. The Morgan fingerprint density at radius 3 is 2.92 bits per heavy atom. The molecule has 0 aromatic heterocycles. The molecule has 0 bridgehead atoms. The molecule has 8 nitrogen and oxygen atoms in total. The van der Waals surface area contributed by atoms with Crippen LogP contribution < -0.4 is 11.1 Å². The molecule has 1 saturated heterocycles. The van der Waals surface area contributed by atoms with Crippen molar-refractivity contribution < 1.29 is 18.4 Å². The number of methoxy groups -OCH3 is 1. The Balaban J connectivity index is 2.18. The Labute approximate surface area is 156 Å². The van der Waals surface area contributed by atoms with Crippen molar-refractivity contribution in [3.8, 4) is 12.3 Å². The van der Waals surface area contributed by atoms with E-state index in [1.165, 1.54) is 6.08 Å². The van der Waals surface area contributed by atoms with E-state index in [1.807, 2.05) is 0 Å². The van der Waals surface area contributed by atoms with E-state index >= 15 is 0 Å². The number of hydrazone groups is 1. The van der Waals surface area contributed by atoms with Gasteiger partial charge in [-0.25, -0.2) is 0 Å². The molecule has 0 aromatic carbocycles. The van der Waals surface area contributed by atoms with Crippen molar-refractivity contribution in [1.29, 1.82) is 0 Å². The highest BCUT2D eigenvalue weighted by atomic mass is 32.1. The van der Waals surface area contributed by atoms with E-state index < -0.39 is 5.91 Å². The summed E-state index contributed by atoms with van der Waals surface area (Å²) in [5.74, 6) is 3.21. The molecule has 3 N–H and O–H groups in total. The molecule has 0 radical (unpaired) electrons. The molecular formula is C17H24N5O3S+. The maximum absolute atomic E-state index is 12.0. The molecule has 140 valence electrons. The number of amides is 2. The largest absolute Gasteiger partial charge is 0.383 e. The van der Waals surface area contributed by atoms with Gasteiger partial charge in [-0.05, 0) is 35.9 Å². The minimum Gasteiger partial charge on any atom is -0.383 e. The number of nitrogens with zero attached hydrogens (tertiary/aromatic N) is 3. The minimum atomic E-state index is -0.618. The second-order valence-corrected chi connectivity index (χ2v) is 6.98. The van der Waals surface area contributed by atoms with E-state index in [-0.39, 0.29) is 29.2 Å². The third-order valence-corrected chi connectivity index (χ3v) is 5.52. The van der Waals surface area contributed by atoms with Gasteiger partial charge in [0.05, 0.1) is 19.7 Å². The van der Waals surface area contributed by atoms with Crippen LogP contribution in [0.1, 0.15) is 6.42 Å². The summed E-state index contributed by atoms with van der Waals surface area (Å²) in [6.07, 6.45) is 7.59. The van der Waals surface area contributed by atoms with Gasteiger partial charge in [-0.15, -0.1) is 6.42 Å². The summed E-state index contributed by atoms with van der Waals surface area (Å²) < 4.78 is 6.86. The molecule has 2 rings (SSSR count). The quantitative estimate of drug-likeness (QED) is 0.228. The van der Waals surface area contributed by atoms with Gasteiger partial charge < -0.3 is 15.4 Å². The third kappa shape index (κ3) is 4.03. The molecule has 0 spiro atoms. The highest BCUT2D eigenvalue weighted by Gasteiger charge is 2.36. The molecule has 1 fully saturated rings. The first kappa shape index (κ1) is 19.9. The normalized spacial score (nSPS) is 24.1. The van der Waals surface area contributed by atoms with Gasteiger partial charge in [0, 0.05) is 19.4 Å². The van der Waals surface area contributed by atoms with Crippen LogP contribution >= 0.6 is 0 Å². The van der Waals surface area contributed by atoms with Crippen LogP contribution in [0.4, 0.5) is 0 Å². The van der Waals surface area contributed by atoms with Crippen LogP contribution in [0, 0.1) is 18.3 Å². The van der Waals surface area contributed by atoms with Crippen LogP contribution in [0.2, 0.25) is 0 Å². The number of primary amides is 1. The number of rotatable bonds is 7. The third-order valence-electron chi connectivity index (χ3n) is 4.28. The average Bonchev–Trinajstić information content (AvgIpc) is 3.20. The van der Waals surface area contributed by atoms with Crippen LogP contribution in [0.5, 0.6) is 0 Å². The first-order valence-corrected chi connectivity index (χ1v) is 9.16. The molecule has 2 atom stereocenters. The molecule has 26 heavy (non-hydrogen) atoms. The molecule has 1 unspecified atom stereocenters. The van der Waals surface area contributed by atoms with E-state index in [9.17, 15) is 9.59 Å². The number of thiol groups is 1. The Morgan fingerprint density at radius 2 is 2.38 bits per heavy atom. The number of nitrogens with one attached hydrogen (secondary N) is 1. The van der Waals surface area contributed by atoms with Gasteiger partial charge in [0.15, 0.2) is 11.3 Å². The number of terminal acetylenes is 1. The summed E-state index contributed by atoms with van der Waals surface area (Å²) in [4.78, 5) is 25.5. The van der Waals surface area contributed by atoms with Crippen molar-refractivity contribution in [3.63, 3.8) is 0 Å². The van der Waals surface area contributed by atoms with Crippen molar-refractivity contribution in [2.45, 2.75) is 12.5 Å². The maximum Gasteiger partial charge on any atom is 0.322 e. The second-order valence-electron chi connectivity index (χ2n) is 5.95. The van der Waals surface area contributed by atoms with Crippen LogP contribution in [0.25, 0.3) is 0 Å².